The van der Waals surface area contributed by atoms with Crippen LogP contribution in [0.4, 0.5) is 0 Å². The highest BCUT2D eigenvalue weighted by Crippen LogP contribution is 2.48. The van der Waals surface area contributed by atoms with Gasteiger partial charge in [0, 0.05) is 27.2 Å². The number of rotatable bonds is 3. The van der Waals surface area contributed by atoms with Crippen molar-refractivity contribution in [1.29, 1.82) is 0 Å². The van der Waals surface area contributed by atoms with Crippen molar-refractivity contribution < 1.29 is 4.42 Å². The second kappa shape index (κ2) is 10.1. The van der Waals surface area contributed by atoms with Crippen molar-refractivity contribution in [2.45, 2.75) is 0 Å². The first kappa shape index (κ1) is 26.4. The smallest absolute Gasteiger partial charge is 0.154 e. The zero-order valence-corrected chi connectivity index (χ0v) is 26.0. The number of furan rings is 1. The summed E-state index contributed by atoms with van der Waals surface area (Å²) in [5.74, 6) is 0. The molecule has 0 saturated carbocycles. The van der Waals surface area contributed by atoms with Gasteiger partial charge in [0.2, 0.25) is 0 Å². The Bertz CT molecular complexity index is 2800. The van der Waals surface area contributed by atoms with Gasteiger partial charge in [0.15, 0.2) is 5.58 Å². The summed E-state index contributed by atoms with van der Waals surface area (Å²) in [7, 11) is 0. The normalized spacial score (nSPS) is 11.9. The molecule has 0 spiro atoms. The molecule has 0 amide bonds. The van der Waals surface area contributed by atoms with Crippen LogP contribution in [0.15, 0.2) is 162 Å². The zero-order chi connectivity index (χ0) is 31.1. The molecular formula is C44H26ClNO. The van der Waals surface area contributed by atoms with Gasteiger partial charge in [-0.05, 0) is 86.3 Å². The van der Waals surface area contributed by atoms with Crippen LogP contribution in [0, 0.1) is 0 Å². The van der Waals surface area contributed by atoms with Crippen LogP contribution in [-0.4, -0.2) is 4.57 Å². The van der Waals surface area contributed by atoms with Crippen LogP contribution in [0.5, 0.6) is 0 Å². The van der Waals surface area contributed by atoms with Gasteiger partial charge in [-0.2, -0.15) is 0 Å². The van der Waals surface area contributed by atoms with E-state index in [2.05, 4.69) is 144 Å². The monoisotopic (exact) mass is 619 g/mol. The van der Waals surface area contributed by atoms with Crippen LogP contribution in [0.2, 0.25) is 5.02 Å². The van der Waals surface area contributed by atoms with Crippen molar-refractivity contribution in [3.63, 3.8) is 0 Å². The Balaban J connectivity index is 1.31. The van der Waals surface area contributed by atoms with Gasteiger partial charge in [0.1, 0.15) is 5.58 Å². The Hall–Kier alpha value is -5.83. The van der Waals surface area contributed by atoms with E-state index in [9.17, 15) is 0 Å². The Labute approximate surface area is 275 Å². The first-order valence-electron chi connectivity index (χ1n) is 15.9. The number of hydrogen-bond acceptors (Lipinski definition) is 1. The Morgan fingerprint density at radius 3 is 1.79 bits per heavy atom. The molecule has 3 heteroatoms. The standard InChI is InChI=1S/C44H26ClNO/c45-37-21-10-20-35-43-34(19-11-23-40(43)47-44(35)37)42-32-17-6-4-15-30(32)41(31-16-5-7-18-33(31)42)27-24-25-39-36(26-27)29-14-8-9-22-38(29)46(39)28-12-2-1-3-13-28/h1-26H. The first-order chi connectivity index (χ1) is 23.3. The van der Waals surface area contributed by atoms with Crippen molar-refractivity contribution >= 4 is 76.9 Å². The molecule has 0 aliphatic heterocycles. The third-order valence-corrected chi connectivity index (χ3v) is 9.95. The fraction of sp³-hybridized carbons (Fsp3) is 0. The van der Waals surface area contributed by atoms with Crippen LogP contribution in [-0.2, 0) is 0 Å². The van der Waals surface area contributed by atoms with Gasteiger partial charge in [0.25, 0.3) is 0 Å². The lowest BCUT2D eigenvalue weighted by Gasteiger charge is -2.18. The maximum Gasteiger partial charge on any atom is 0.154 e. The minimum atomic E-state index is 0.624. The molecular weight excluding hydrogens is 594 g/mol. The largest absolute Gasteiger partial charge is 0.454 e. The number of halogens is 1. The fourth-order valence-electron chi connectivity index (χ4n) is 7.73. The molecule has 0 aliphatic rings. The number of aromatic nitrogens is 1. The molecule has 0 fully saturated rings. The SMILES string of the molecule is Clc1cccc2c1oc1cccc(-c3c4ccccc4c(-c4ccc5c(c4)c4ccccc4n5-c4ccccc4)c4ccccc34)c12. The van der Waals surface area contributed by atoms with E-state index in [0.717, 1.165) is 33.2 Å². The summed E-state index contributed by atoms with van der Waals surface area (Å²) in [5, 5.41) is 10.1. The third kappa shape index (κ3) is 3.80. The number of nitrogens with zero attached hydrogens (tertiary/aromatic N) is 1. The quantitative estimate of drug-likeness (QED) is 0.180. The molecule has 0 bridgehead atoms. The molecule has 0 N–H and O–H groups in total. The molecule has 0 atom stereocenters. The summed E-state index contributed by atoms with van der Waals surface area (Å²) in [4.78, 5) is 0. The average molecular weight is 620 g/mol. The molecule has 0 radical (unpaired) electrons. The predicted molar refractivity (Wildman–Crippen MR) is 199 cm³/mol. The molecule has 8 aromatic carbocycles. The van der Waals surface area contributed by atoms with Crippen molar-refractivity contribution in [1.82, 2.24) is 4.57 Å². The number of fused-ring (bicyclic) bond motifs is 8. The molecule has 10 aromatic rings. The van der Waals surface area contributed by atoms with Gasteiger partial charge in [-0.1, -0.05) is 127 Å². The molecule has 0 saturated heterocycles. The number of hydrogen-bond donors (Lipinski definition) is 0. The maximum absolute atomic E-state index is 6.62. The summed E-state index contributed by atoms with van der Waals surface area (Å²) in [6.45, 7) is 0. The molecule has 0 aliphatic carbocycles. The lowest BCUT2D eigenvalue weighted by molar-refractivity contribution is 0.669. The van der Waals surface area contributed by atoms with Crippen LogP contribution in [0.1, 0.15) is 0 Å². The fourth-order valence-corrected chi connectivity index (χ4v) is 7.95. The molecule has 47 heavy (non-hydrogen) atoms. The van der Waals surface area contributed by atoms with Crippen LogP contribution < -0.4 is 0 Å². The van der Waals surface area contributed by atoms with Gasteiger partial charge in [0.05, 0.1) is 16.1 Å². The van der Waals surface area contributed by atoms with Crippen LogP contribution >= 0.6 is 11.6 Å². The average Bonchev–Trinajstić information content (AvgIpc) is 3.68. The Kier molecular flexibility index (Phi) is 5.66. The van der Waals surface area contributed by atoms with E-state index in [0.29, 0.717) is 5.02 Å². The molecule has 0 unspecified atom stereocenters. The highest BCUT2D eigenvalue weighted by Gasteiger charge is 2.21. The van der Waals surface area contributed by atoms with Gasteiger partial charge in [-0.25, -0.2) is 0 Å². The van der Waals surface area contributed by atoms with E-state index in [1.54, 1.807) is 0 Å². The van der Waals surface area contributed by atoms with Crippen LogP contribution in [0.3, 0.4) is 0 Å². The molecule has 2 aromatic heterocycles. The molecule has 2 heterocycles. The third-order valence-electron chi connectivity index (χ3n) is 9.65. The minimum Gasteiger partial charge on any atom is -0.454 e. The summed E-state index contributed by atoms with van der Waals surface area (Å²) >= 11 is 6.62. The van der Waals surface area contributed by atoms with Crippen molar-refractivity contribution in [2.75, 3.05) is 0 Å². The number of para-hydroxylation sites is 3. The van der Waals surface area contributed by atoms with Crippen molar-refractivity contribution in [3.05, 3.63) is 163 Å². The van der Waals surface area contributed by atoms with E-state index in [1.165, 1.54) is 60.0 Å². The van der Waals surface area contributed by atoms with Crippen LogP contribution in [0.25, 0.3) is 93.2 Å². The number of benzene rings is 8. The first-order valence-corrected chi connectivity index (χ1v) is 16.3. The van der Waals surface area contributed by atoms with E-state index >= 15 is 0 Å². The molecule has 220 valence electrons. The molecule has 2 nitrogen and oxygen atoms in total. The van der Waals surface area contributed by atoms with Gasteiger partial charge >= 0.3 is 0 Å². The zero-order valence-electron chi connectivity index (χ0n) is 25.2. The highest BCUT2D eigenvalue weighted by molar-refractivity contribution is 6.36. The van der Waals surface area contributed by atoms with E-state index in [-0.39, 0.29) is 0 Å². The van der Waals surface area contributed by atoms with E-state index < -0.39 is 0 Å². The predicted octanol–water partition coefficient (Wildman–Crippen LogP) is 13.0. The Morgan fingerprint density at radius 2 is 1.04 bits per heavy atom. The minimum absolute atomic E-state index is 0.624. The van der Waals surface area contributed by atoms with Crippen molar-refractivity contribution in [3.8, 4) is 27.9 Å². The van der Waals surface area contributed by atoms with E-state index in [1.807, 2.05) is 18.2 Å². The summed E-state index contributed by atoms with van der Waals surface area (Å²) in [5.41, 5.74) is 9.91. The lowest BCUT2D eigenvalue weighted by Crippen LogP contribution is -1.93. The second-order valence-electron chi connectivity index (χ2n) is 12.2. The maximum atomic E-state index is 6.62. The second-order valence-corrected chi connectivity index (χ2v) is 12.6. The Morgan fingerprint density at radius 1 is 0.447 bits per heavy atom. The van der Waals surface area contributed by atoms with Gasteiger partial charge in [-0.15, -0.1) is 0 Å². The summed E-state index contributed by atoms with van der Waals surface area (Å²) in [6, 6.07) is 56.3. The highest BCUT2D eigenvalue weighted by atomic mass is 35.5. The topological polar surface area (TPSA) is 18.1 Å². The molecule has 10 rings (SSSR count). The van der Waals surface area contributed by atoms with Gasteiger partial charge < -0.3 is 8.98 Å². The summed E-state index contributed by atoms with van der Waals surface area (Å²) in [6.07, 6.45) is 0. The summed E-state index contributed by atoms with van der Waals surface area (Å²) < 4.78 is 8.71. The van der Waals surface area contributed by atoms with Gasteiger partial charge in [-0.3, -0.25) is 0 Å². The lowest BCUT2D eigenvalue weighted by atomic mass is 9.84. The van der Waals surface area contributed by atoms with Crippen molar-refractivity contribution in [2.24, 2.45) is 0 Å². The van der Waals surface area contributed by atoms with E-state index in [4.69, 9.17) is 16.0 Å².